The molecule has 0 N–H and O–H groups in total. The molecule has 27 heavy (non-hydrogen) atoms. The molecule has 0 unspecified atom stereocenters. The van der Waals surface area contributed by atoms with Crippen molar-refractivity contribution in [2.75, 3.05) is 36.0 Å². The minimum Gasteiger partial charge on any atom is -0.365 e. The largest absolute Gasteiger partial charge is 0.408 e. The molecular formula is C16H18ClF3N6O. The molecule has 11 heteroatoms. The van der Waals surface area contributed by atoms with Gasteiger partial charge in [-0.3, -0.25) is 4.79 Å². The Kier molecular flexibility index (Phi) is 5.27. The van der Waals surface area contributed by atoms with E-state index in [1.807, 2.05) is 29.7 Å². The summed E-state index contributed by atoms with van der Waals surface area (Å²) < 4.78 is 37.8. The molecule has 0 aromatic carbocycles. The quantitative estimate of drug-likeness (QED) is 0.784. The third-order valence-corrected chi connectivity index (χ3v) is 4.52. The summed E-state index contributed by atoms with van der Waals surface area (Å²) >= 11 is 6.03. The van der Waals surface area contributed by atoms with E-state index in [1.54, 1.807) is 0 Å². The molecule has 2 aromatic rings. The molecule has 0 spiro atoms. The van der Waals surface area contributed by atoms with Gasteiger partial charge >= 0.3 is 6.18 Å². The van der Waals surface area contributed by atoms with Gasteiger partial charge in [0.1, 0.15) is 11.6 Å². The van der Waals surface area contributed by atoms with Crippen molar-refractivity contribution in [3.63, 3.8) is 0 Å². The minimum atomic E-state index is -4.54. The summed E-state index contributed by atoms with van der Waals surface area (Å²) in [6.45, 7) is 4.53. The number of rotatable bonds is 3. The van der Waals surface area contributed by atoms with Crippen LogP contribution in [0.1, 0.15) is 11.4 Å². The standard InChI is InChI=1S/C16H18ClF3N6O/c1-10-7-11(2)23-15(22-10)25-5-3-24(4-6-25)12-8-21-26(9-16(18,19)20)14(27)13(12)17/h7-8H,3-6,9H2,1-2H3. The lowest BCUT2D eigenvalue weighted by Crippen LogP contribution is -2.48. The summed E-state index contributed by atoms with van der Waals surface area (Å²) in [5.41, 5.74) is 1.13. The molecule has 3 heterocycles. The topological polar surface area (TPSA) is 67.2 Å². The molecule has 3 rings (SSSR count). The van der Waals surface area contributed by atoms with E-state index >= 15 is 0 Å². The van der Waals surface area contributed by atoms with E-state index in [-0.39, 0.29) is 5.02 Å². The number of hydrogen-bond donors (Lipinski definition) is 0. The van der Waals surface area contributed by atoms with Crippen LogP contribution in [0.4, 0.5) is 24.8 Å². The Morgan fingerprint density at radius 2 is 1.63 bits per heavy atom. The zero-order valence-corrected chi connectivity index (χ0v) is 15.5. The molecule has 1 fully saturated rings. The average Bonchev–Trinajstić information content (AvgIpc) is 2.57. The molecule has 1 saturated heterocycles. The van der Waals surface area contributed by atoms with Crippen molar-refractivity contribution in [2.24, 2.45) is 0 Å². The van der Waals surface area contributed by atoms with Crippen molar-refractivity contribution >= 4 is 23.2 Å². The van der Waals surface area contributed by atoms with E-state index in [0.717, 1.165) is 11.4 Å². The Labute approximate surface area is 158 Å². The lowest BCUT2D eigenvalue weighted by atomic mass is 10.3. The molecule has 0 saturated carbocycles. The fourth-order valence-corrected chi connectivity index (χ4v) is 3.22. The van der Waals surface area contributed by atoms with Gasteiger partial charge in [0.25, 0.3) is 5.56 Å². The second-order valence-corrected chi connectivity index (χ2v) is 6.72. The first-order chi connectivity index (χ1) is 12.6. The van der Waals surface area contributed by atoms with Crippen LogP contribution in [-0.4, -0.2) is 52.1 Å². The van der Waals surface area contributed by atoms with E-state index in [0.29, 0.717) is 42.5 Å². The fraction of sp³-hybridized carbons (Fsp3) is 0.500. The number of halogens is 4. The van der Waals surface area contributed by atoms with E-state index in [4.69, 9.17) is 11.6 Å². The van der Waals surface area contributed by atoms with Gasteiger partial charge in [0.05, 0.1) is 11.9 Å². The molecule has 1 aliphatic heterocycles. The van der Waals surface area contributed by atoms with Crippen LogP contribution < -0.4 is 15.4 Å². The number of aromatic nitrogens is 4. The number of piperazine rings is 1. The summed E-state index contributed by atoms with van der Waals surface area (Å²) in [5, 5.41) is 3.36. The van der Waals surface area contributed by atoms with Crippen LogP contribution in [-0.2, 0) is 6.54 Å². The van der Waals surface area contributed by atoms with Gasteiger partial charge in [-0.05, 0) is 19.9 Å². The van der Waals surface area contributed by atoms with E-state index in [9.17, 15) is 18.0 Å². The maximum atomic E-state index is 12.5. The first kappa shape index (κ1) is 19.4. The molecule has 0 radical (unpaired) electrons. The Balaban J connectivity index is 1.74. The smallest absolute Gasteiger partial charge is 0.365 e. The van der Waals surface area contributed by atoms with Crippen molar-refractivity contribution in [1.82, 2.24) is 19.7 Å². The Morgan fingerprint density at radius 3 is 2.19 bits per heavy atom. The highest BCUT2D eigenvalue weighted by molar-refractivity contribution is 6.33. The Bertz CT molecular complexity index is 872. The molecule has 146 valence electrons. The number of aryl methyl sites for hydroxylation is 2. The highest BCUT2D eigenvalue weighted by Crippen LogP contribution is 2.24. The molecule has 0 bridgehead atoms. The predicted octanol–water partition coefficient (Wildman–Crippen LogP) is 2.19. The maximum absolute atomic E-state index is 12.5. The van der Waals surface area contributed by atoms with E-state index < -0.39 is 18.3 Å². The van der Waals surface area contributed by atoms with Gasteiger partial charge in [-0.15, -0.1) is 0 Å². The number of anilines is 2. The molecule has 2 aromatic heterocycles. The Morgan fingerprint density at radius 1 is 1.07 bits per heavy atom. The maximum Gasteiger partial charge on any atom is 0.408 e. The fourth-order valence-electron chi connectivity index (χ4n) is 2.96. The third-order valence-electron chi connectivity index (χ3n) is 4.17. The summed E-state index contributed by atoms with van der Waals surface area (Å²) in [5.74, 6) is 0.636. The van der Waals surface area contributed by atoms with Gasteiger partial charge in [0.15, 0.2) is 0 Å². The Hall–Kier alpha value is -2.36. The molecule has 7 nitrogen and oxygen atoms in total. The molecule has 0 aliphatic carbocycles. The molecule has 1 aliphatic rings. The normalized spacial score (nSPS) is 15.3. The van der Waals surface area contributed by atoms with Crippen molar-refractivity contribution in [1.29, 1.82) is 0 Å². The van der Waals surface area contributed by atoms with Gasteiger partial charge in [0, 0.05) is 37.6 Å². The molecule has 0 atom stereocenters. The number of alkyl halides is 3. The van der Waals surface area contributed by atoms with Gasteiger partial charge in [0.2, 0.25) is 5.95 Å². The van der Waals surface area contributed by atoms with Crippen molar-refractivity contribution in [2.45, 2.75) is 26.6 Å². The minimum absolute atomic E-state index is 0.259. The molecular weight excluding hydrogens is 385 g/mol. The van der Waals surface area contributed by atoms with Crippen molar-refractivity contribution in [3.05, 3.63) is 39.0 Å². The lowest BCUT2D eigenvalue weighted by molar-refractivity contribution is -0.143. The summed E-state index contributed by atoms with van der Waals surface area (Å²) in [7, 11) is 0. The summed E-state index contributed by atoms with van der Waals surface area (Å²) in [4.78, 5) is 24.8. The second-order valence-electron chi connectivity index (χ2n) is 6.35. The second kappa shape index (κ2) is 7.34. The van der Waals surface area contributed by atoms with Crippen LogP contribution in [0.2, 0.25) is 5.02 Å². The van der Waals surface area contributed by atoms with E-state index in [2.05, 4.69) is 15.1 Å². The van der Waals surface area contributed by atoms with Crippen molar-refractivity contribution in [3.8, 4) is 0 Å². The average molecular weight is 403 g/mol. The first-order valence-corrected chi connectivity index (χ1v) is 8.66. The first-order valence-electron chi connectivity index (χ1n) is 8.28. The highest BCUT2D eigenvalue weighted by Gasteiger charge is 2.30. The van der Waals surface area contributed by atoms with Gasteiger partial charge in [-0.2, -0.15) is 18.3 Å². The van der Waals surface area contributed by atoms with Crippen LogP contribution in [0.5, 0.6) is 0 Å². The van der Waals surface area contributed by atoms with Gasteiger partial charge in [-0.25, -0.2) is 14.6 Å². The zero-order chi connectivity index (χ0) is 19.8. The molecule has 0 amide bonds. The summed E-state index contributed by atoms with van der Waals surface area (Å²) in [6.07, 6.45) is -3.34. The SMILES string of the molecule is Cc1cc(C)nc(N2CCN(c3cnn(CC(F)(F)F)c(=O)c3Cl)CC2)n1. The van der Waals surface area contributed by atoms with Crippen LogP contribution >= 0.6 is 11.6 Å². The third kappa shape index (κ3) is 4.49. The van der Waals surface area contributed by atoms with Crippen LogP contribution in [0.15, 0.2) is 17.1 Å². The number of nitrogens with zero attached hydrogens (tertiary/aromatic N) is 6. The van der Waals surface area contributed by atoms with Gasteiger partial charge in [-0.1, -0.05) is 11.6 Å². The zero-order valence-electron chi connectivity index (χ0n) is 14.8. The van der Waals surface area contributed by atoms with Crippen LogP contribution in [0.25, 0.3) is 0 Å². The monoisotopic (exact) mass is 402 g/mol. The summed E-state index contributed by atoms with van der Waals surface area (Å²) in [6, 6.07) is 1.89. The van der Waals surface area contributed by atoms with E-state index in [1.165, 1.54) is 6.20 Å². The van der Waals surface area contributed by atoms with Crippen LogP contribution in [0, 0.1) is 13.8 Å². The van der Waals surface area contributed by atoms with Crippen molar-refractivity contribution < 1.29 is 13.2 Å². The number of hydrogen-bond acceptors (Lipinski definition) is 6. The van der Waals surface area contributed by atoms with Crippen LogP contribution in [0.3, 0.4) is 0 Å². The van der Waals surface area contributed by atoms with Gasteiger partial charge < -0.3 is 9.80 Å². The highest BCUT2D eigenvalue weighted by atomic mass is 35.5. The lowest BCUT2D eigenvalue weighted by Gasteiger charge is -2.36. The predicted molar refractivity (Wildman–Crippen MR) is 95.5 cm³/mol.